The van der Waals surface area contributed by atoms with Crippen molar-refractivity contribution in [3.63, 3.8) is 0 Å². The zero-order valence-corrected chi connectivity index (χ0v) is 21.8. The predicted molar refractivity (Wildman–Crippen MR) is 153 cm³/mol. The summed E-state index contributed by atoms with van der Waals surface area (Å²) in [5, 5.41) is 9.02. The van der Waals surface area contributed by atoms with E-state index in [-0.39, 0.29) is 11.3 Å². The van der Waals surface area contributed by atoms with E-state index in [1.807, 2.05) is 44.2 Å². The van der Waals surface area contributed by atoms with Gasteiger partial charge >= 0.3 is 17.8 Å². The summed E-state index contributed by atoms with van der Waals surface area (Å²) >= 11 is 0. The number of hydrogen-bond donors (Lipinski definition) is 3. The maximum atomic E-state index is 12.8. The van der Waals surface area contributed by atoms with E-state index in [9.17, 15) is 19.2 Å². The lowest BCUT2D eigenvalue weighted by atomic mass is 10.1. The number of nitrogens with zero attached hydrogens (tertiary/aromatic N) is 1. The van der Waals surface area contributed by atoms with Crippen molar-refractivity contribution in [3.05, 3.63) is 125 Å². The Kier molecular flexibility index (Phi) is 8.78. The van der Waals surface area contributed by atoms with Crippen LogP contribution in [0.4, 0.5) is 11.4 Å². The molecule has 0 heterocycles. The normalized spacial score (nSPS) is 10.6. The van der Waals surface area contributed by atoms with Crippen LogP contribution in [-0.2, 0) is 9.59 Å². The Morgan fingerprint density at radius 2 is 1.45 bits per heavy atom. The van der Waals surface area contributed by atoms with E-state index in [0.29, 0.717) is 22.6 Å². The van der Waals surface area contributed by atoms with Gasteiger partial charge in [0, 0.05) is 5.69 Å². The molecule has 0 aromatic heterocycles. The van der Waals surface area contributed by atoms with E-state index in [1.165, 1.54) is 12.3 Å². The van der Waals surface area contributed by atoms with E-state index in [4.69, 9.17) is 4.74 Å². The number of hydrogen-bond acceptors (Lipinski definition) is 6. The number of para-hydroxylation sites is 1. The number of carbonyl (C=O) groups is 4. The lowest BCUT2D eigenvalue weighted by molar-refractivity contribution is -0.136. The highest BCUT2D eigenvalue weighted by molar-refractivity contribution is 6.40. The smallest absolute Gasteiger partial charge is 0.343 e. The number of aryl methyl sites for hydroxylation is 2. The van der Waals surface area contributed by atoms with Crippen LogP contribution in [0.25, 0.3) is 0 Å². The second-order valence-electron chi connectivity index (χ2n) is 8.85. The first-order valence-electron chi connectivity index (χ1n) is 12.3. The molecule has 0 spiro atoms. The Labute approximate surface area is 230 Å². The summed E-state index contributed by atoms with van der Waals surface area (Å²) in [6.07, 6.45) is 1.33. The van der Waals surface area contributed by atoms with Gasteiger partial charge in [0.25, 0.3) is 5.91 Å². The van der Waals surface area contributed by atoms with Crippen molar-refractivity contribution < 1.29 is 23.9 Å². The van der Waals surface area contributed by atoms with Crippen molar-refractivity contribution in [1.82, 2.24) is 5.43 Å². The number of carbonyl (C=O) groups excluding carboxylic acids is 4. The van der Waals surface area contributed by atoms with Gasteiger partial charge in [0.2, 0.25) is 0 Å². The summed E-state index contributed by atoms with van der Waals surface area (Å²) in [5.41, 5.74) is 6.17. The molecule has 0 fully saturated rings. The standard InChI is InChI=1S/C31H26N4O5/c1-20-10-14-23(15-11-20)31(39)40-25-16-12-22(13-17-25)19-32-35-30(38)29(37)34-27-9-4-3-8-26(27)28(36)33-24-7-5-6-21(2)18-24/h3-19H,1-2H3,(H,33,36)(H,34,37)(H,35,38)/b32-19+. The number of rotatable bonds is 7. The fourth-order valence-electron chi connectivity index (χ4n) is 3.58. The molecule has 0 atom stereocenters. The molecule has 0 saturated heterocycles. The summed E-state index contributed by atoms with van der Waals surface area (Å²) in [5.74, 6) is -2.59. The first-order valence-corrected chi connectivity index (χ1v) is 12.3. The maximum absolute atomic E-state index is 12.8. The SMILES string of the molecule is Cc1ccc(C(=O)Oc2ccc(/C=N/NC(=O)C(=O)Nc3ccccc3C(=O)Nc3cccc(C)c3)cc2)cc1. The number of anilines is 2. The number of benzene rings is 4. The van der Waals surface area contributed by atoms with Gasteiger partial charge in [-0.25, -0.2) is 10.2 Å². The molecule has 0 unspecified atom stereocenters. The fourth-order valence-corrected chi connectivity index (χ4v) is 3.58. The molecule has 4 rings (SSSR count). The average molecular weight is 535 g/mol. The third kappa shape index (κ3) is 7.48. The molecule has 3 N–H and O–H groups in total. The summed E-state index contributed by atoms with van der Waals surface area (Å²) in [6, 6.07) is 27.1. The molecule has 0 bridgehead atoms. The summed E-state index contributed by atoms with van der Waals surface area (Å²) in [4.78, 5) is 49.8. The summed E-state index contributed by atoms with van der Waals surface area (Å²) in [6.45, 7) is 3.84. The number of hydrazone groups is 1. The molecule has 0 aliphatic carbocycles. The molecular formula is C31H26N4O5. The Morgan fingerprint density at radius 1 is 0.725 bits per heavy atom. The van der Waals surface area contributed by atoms with Crippen molar-refractivity contribution in [3.8, 4) is 5.75 Å². The van der Waals surface area contributed by atoms with Crippen LogP contribution in [-0.4, -0.2) is 29.9 Å². The Bertz CT molecular complexity index is 1580. The molecule has 4 aromatic carbocycles. The Hall–Kier alpha value is -5.57. The number of amides is 3. The van der Waals surface area contributed by atoms with Crippen LogP contribution in [0.2, 0.25) is 0 Å². The average Bonchev–Trinajstić information content (AvgIpc) is 2.94. The minimum Gasteiger partial charge on any atom is -0.423 e. The molecule has 9 nitrogen and oxygen atoms in total. The van der Waals surface area contributed by atoms with E-state index >= 15 is 0 Å². The fraction of sp³-hybridized carbons (Fsp3) is 0.0645. The van der Waals surface area contributed by atoms with Gasteiger partial charge in [0.15, 0.2) is 0 Å². The lowest BCUT2D eigenvalue weighted by Crippen LogP contribution is -2.33. The Morgan fingerprint density at radius 3 is 2.17 bits per heavy atom. The molecule has 0 saturated carbocycles. The van der Waals surface area contributed by atoms with E-state index < -0.39 is 23.7 Å². The molecule has 200 valence electrons. The summed E-state index contributed by atoms with van der Waals surface area (Å²) in [7, 11) is 0. The van der Waals surface area contributed by atoms with E-state index in [1.54, 1.807) is 60.7 Å². The van der Waals surface area contributed by atoms with Crippen LogP contribution in [0, 0.1) is 13.8 Å². The molecule has 4 aromatic rings. The predicted octanol–water partition coefficient (Wildman–Crippen LogP) is 4.86. The van der Waals surface area contributed by atoms with Gasteiger partial charge in [-0.2, -0.15) is 5.10 Å². The third-order valence-corrected chi connectivity index (χ3v) is 5.66. The van der Waals surface area contributed by atoms with Crippen LogP contribution in [0.15, 0.2) is 102 Å². The second kappa shape index (κ2) is 12.8. The van der Waals surface area contributed by atoms with Crippen LogP contribution >= 0.6 is 0 Å². The van der Waals surface area contributed by atoms with Gasteiger partial charge in [0.1, 0.15) is 5.75 Å². The highest BCUT2D eigenvalue weighted by Gasteiger charge is 2.18. The lowest BCUT2D eigenvalue weighted by Gasteiger charge is -2.11. The molecule has 0 radical (unpaired) electrons. The first kappa shape index (κ1) is 27.5. The zero-order valence-electron chi connectivity index (χ0n) is 21.8. The van der Waals surface area contributed by atoms with E-state index in [0.717, 1.165) is 11.1 Å². The molecule has 3 amide bonds. The van der Waals surface area contributed by atoms with Crippen LogP contribution < -0.4 is 20.8 Å². The van der Waals surface area contributed by atoms with Crippen molar-refractivity contribution >= 4 is 41.3 Å². The van der Waals surface area contributed by atoms with Crippen molar-refractivity contribution in [1.29, 1.82) is 0 Å². The largest absolute Gasteiger partial charge is 0.423 e. The van der Waals surface area contributed by atoms with Crippen molar-refractivity contribution in [2.45, 2.75) is 13.8 Å². The quantitative estimate of drug-likeness (QED) is 0.103. The minimum absolute atomic E-state index is 0.174. The van der Waals surface area contributed by atoms with Crippen molar-refractivity contribution in [2.24, 2.45) is 5.10 Å². The minimum atomic E-state index is -1.02. The summed E-state index contributed by atoms with van der Waals surface area (Å²) < 4.78 is 5.36. The molecule has 40 heavy (non-hydrogen) atoms. The van der Waals surface area contributed by atoms with Crippen LogP contribution in [0.1, 0.15) is 37.4 Å². The molecule has 0 aliphatic heterocycles. The van der Waals surface area contributed by atoms with Crippen LogP contribution in [0.5, 0.6) is 5.75 Å². The maximum Gasteiger partial charge on any atom is 0.343 e. The molecule has 0 aliphatic rings. The third-order valence-electron chi connectivity index (χ3n) is 5.66. The number of nitrogens with one attached hydrogen (secondary N) is 3. The van der Waals surface area contributed by atoms with Gasteiger partial charge in [-0.3, -0.25) is 14.4 Å². The first-order chi connectivity index (χ1) is 19.3. The number of esters is 1. The van der Waals surface area contributed by atoms with Gasteiger partial charge in [-0.05, 0) is 85.6 Å². The highest BCUT2D eigenvalue weighted by Crippen LogP contribution is 2.18. The van der Waals surface area contributed by atoms with Crippen LogP contribution in [0.3, 0.4) is 0 Å². The monoisotopic (exact) mass is 534 g/mol. The molecular weight excluding hydrogens is 508 g/mol. The van der Waals surface area contributed by atoms with Gasteiger partial charge in [-0.1, -0.05) is 42.0 Å². The number of ether oxygens (including phenoxy) is 1. The van der Waals surface area contributed by atoms with Gasteiger partial charge < -0.3 is 15.4 Å². The second-order valence-corrected chi connectivity index (χ2v) is 8.85. The van der Waals surface area contributed by atoms with E-state index in [2.05, 4.69) is 21.2 Å². The molecule has 9 heteroatoms. The zero-order chi connectivity index (χ0) is 28.5. The Balaban J connectivity index is 1.30. The van der Waals surface area contributed by atoms with Crippen molar-refractivity contribution in [2.75, 3.05) is 10.6 Å². The topological polar surface area (TPSA) is 126 Å². The van der Waals surface area contributed by atoms with Gasteiger partial charge in [-0.15, -0.1) is 0 Å². The highest BCUT2D eigenvalue weighted by atomic mass is 16.5. The van der Waals surface area contributed by atoms with Gasteiger partial charge in [0.05, 0.1) is 23.0 Å².